The molecule has 17 heavy (non-hydrogen) atoms. The largest absolute Gasteiger partial charge is 0.390 e. The highest BCUT2D eigenvalue weighted by Gasteiger charge is 2.41. The molecular formula is C16H24O. The van der Waals surface area contributed by atoms with Gasteiger partial charge in [-0.05, 0) is 36.2 Å². The van der Waals surface area contributed by atoms with E-state index in [1.165, 1.54) is 12.0 Å². The zero-order valence-corrected chi connectivity index (χ0v) is 11.2. The molecule has 0 bridgehead atoms. The zero-order valence-electron chi connectivity index (χ0n) is 11.2. The first-order chi connectivity index (χ1) is 7.89. The molecule has 94 valence electrons. The summed E-state index contributed by atoms with van der Waals surface area (Å²) in [5.41, 5.74) is 1.00. The van der Waals surface area contributed by atoms with E-state index in [4.69, 9.17) is 0 Å². The van der Waals surface area contributed by atoms with Crippen molar-refractivity contribution in [2.75, 3.05) is 0 Å². The summed E-state index contributed by atoms with van der Waals surface area (Å²) in [4.78, 5) is 0. The molecule has 2 atom stereocenters. The second-order valence-corrected chi connectivity index (χ2v) is 6.74. The van der Waals surface area contributed by atoms with E-state index in [1.807, 2.05) is 6.07 Å². The molecule has 1 aromatic rings. The van der Waals surface area contributed by atoms with Crippen molar-refractivity contribution in [3.63, 3.8) is 0 Å². The zero-order chi connectivity index (χ0) is 12.5. The molecule has 2 rings (SSSR count). The molecular weight excluding hydrogens is 208 g/mol. The fourth-order valence-corrected chi connectivity index (χ4v) is 3.81. The van der Waals surface area contributed by atoms with Crippen LogP contribution in [0.25, 0.3) is 0 Å². The summed E-state index contributed by atoms with van der Waals surface area (Å²) in [5, 5.41) is 10.8. The van der Waals surface area contributed by atoms with Crippen molar-refractivity contribution in [3.8, 4) is 0 Å². The highest BCUT2D eigenvalue weighted by molar-refractivity contribution is 5.17. The molecule has 1 fully saturated rings. The molecule has 1 aliphatic carbocycles. The SMILES string of the molecule is CC1CC(C)(C)CC(O)(Cc2ccccc2)C1. The Bertz CT molecular complexity index is 368. The third-order valence-electron chi connectivity index (χ3n) is 3.81. The molecule has 0 aliphatic heterocycles. The van der Waals surface area contributed by atoms with Crippen LogP contribution in [0.5, 0.6) is 0 Å². The van der Waals surface area contributed by atoms with Crippen LogP contribution in [0.15, 0.2) is 30.3 Å². The molecule has 1 aliphatic rings. The number of rotatable bonds is 2. The molecule has 0 aromatic heterocycles. The number of aliphatic hydroxyl groups is 1. The molecule has 1 saturated carbocycles. The van der Waals surface area contributed by atoms with Crippen molar-refractivity contribution < 1.29 is 5.11 Å². The average Bonchev–Trinajstić information content (AvgIpc) is 2.13. The van der Waals surface area contributed by atoms with Crippen LogP contribution < -0.4 is 0 Å². The topological polar surface area (TPSA) is 20.2 Å². The van der Waals surface area contributed by atoms with Gasteiger partial charge < -0.3 is 5.11 Å². The Morgan fingerprint density at radius 3 is 2.41 bits per heavy atom. The van der Waals surface area contributed by atoms with Crippen LogP contribution in [0.3, 0.4) is 0 Å². The number of hydrogen-bond donors (Lipinski definition) is 1. The number of benzene rings is 1. The quantitative estimate of drug-likeness (QED) is 0.822. The van der Waals surface area contributed by atoms with E-state index in [0.717, 1.165) is 19.3 Å². The van der Waals surface area contributed by atoms with Gasteiger partial charge in [0.1, 0.15) is 0 Å². The Hall–Kier alpha value is -0.820. The molecule has 1 aromatic carbocycles. The first-order valence-corrected chi connectivity index (χ1v) is 6.65. The lowest BCUT2D eigenvalue weighted by Gasteiger charge is -2.44. The summed E-state index contributed by atoms with van der Waals surface area (Å²) in [7, 11) is 0. The predicted molar refractivity (Wildman–Crippen MR) is 71.9 cm³/mol. The van der Waals surface area contributed by atoms with Gasteiger partial charge in [0, 0.05) is 6.42 Å². The molecule has 0 heterocycles. The maximum Gasteiger partial charge on any atom is 0.0695 e. The Labute approximate surface area is 105 Å². The standard InChI is InChI=1S/C16H24O/c1-13-9-15(2,3)12-16(17,10-13)11-14-7-5-4-6-8-14/h4-8,13,17H,9-12H2,1-3H3. The lowest BCUT2D eigenvalue weighted by molar-refractivity contribution is -0.0574. The normalized spacial score (nSPS) is 32.4. The molecule has 1 heteroatoms. The molecule has 0 radical (unpaired) electrons. The van der Waals surface area contributed by atoms with Gasteiger partial charge in [0.05, 0.1) is 5.60 Å². The van der Waals surface area contributed by atoms with E-state index in [9.17, 15) is 5.11 Å². The summed E-state index contributed by atoms with van der Waals surface area (Å²) in [5.74, 6) is 0.618. The van der Waals surface area contributed by atoms with Crippen molar-refractivity contribution >= 4 is 0 Å². The Morgan fingerprint density at radius 1 is 1.18 bits per heavy atom. The van der Waals surface area contributed by atoms with Gasteiger partial charge in [0.25, 0.3) is 0 Å². The molecule has 0 amide bonds. The lowest BCUT2D eigenvalue weighted by atomic mass is 9.64. The van der Waals surface area contributed by atoms with E-state index < -0.39 is 5.60 Å². The smallest absolute Gasteiger partial charge is 0.0695 e. The van der Waals surface area contributed by atoms with Crippen molar-refractivity contribution in [3.05, 3.63) is 35.9 Å². The summed E-state index contributed by atoms with van der Waals surface area (Å²) < 4.78 is 0. The van der Waals surface area contributed by atoms with Crippen LogP contribution in [-0.2, 0) is 6.42 Å². The minimum atomic E-state index is -0.511. The van der Waals surface area contributed by atoms with Gasteiger partial charge in [-0.1, -0.05) is 51.1 Å². The first-order valence-electron chi connectivity index (χ1n) is 6.65. The van der Waals surface area contributed by atoms with Crippen LogP contribution >= 0.6 is 0 Å². The fourth-order valence-electron chi connectivity index (χ4n) is 3.81. The second kappa shape index (κ2) is 4.45. The van der Waals surface area contributed by atoms with Gasteiger partial charge in [-0.25, -0.2) is 0 Å². The van der Waals surface area contributed by atoms with Crippen molar-refractivity contribution in [2.45, 2.75) is 52.1 Å². The average molecular weight is 232 g/mol. The summed E-state index contributed by atoms with van der Waals surface area (Å²) in [6.07, 6.45) is 3.87. The third-order valence-corrected chi connectivity index (χ3v) is 3.81. The van der Waals surface area contributed by atoms with E-state index in [2.05, 4.69) is 45.0 Å². The summed E-state index contributed by atoms with van der Waals surface area (Å²) in [6.45, 7) is 6.81. The molecule has 0 saturated heterocycles. The minimum Gasteiger partial charge on any atom is -0.390 e. The Morgan fingerprint density at radius 2 is 1.82 bits per heavy atom. The summed E-state index contributed by atoms with van der Waals surface area (Å²) in [6, 6.07) is 10.4. The second-order valence-electron chi connectivity index (χ2n) is 6.74. The molecule has 0 spiro atoms. The number of hydrogen-bond acceptors (Lipinski definition) is 1. The van der Waals surface area contributed by atoms with Crippen molar-refractivity contribution in [1.29, 1.82) is 0 Å². The molecule has 2 unspecified atom stereocenters. The monoisotopic (exact) mass is 232 g/mol. The minimum absolute atomic E-state index is 0.265. The van der Waals surface area contributed by atoms with E-state index in [-0.39, 0.29) is 5.41 Å². The van der Waals surface area contributed by atoms with Gasteiger partial charge in [0.2, 0.25) is 0 Å². The van der Waals surface area contributed by atoms with E-state index in [0.29, 0.717) is 5.92 Å². The lowest BCUT2D eigenvalue weighted by Crippen LogP contribution is -2.43. The van der Waals surface area contributed by atoms with Gasteiger partial charge in [-0.2, -0.15) is 0 Å². The summed E-state index contributed by atoms with van der Waals surface area (Å²) >= 11 is 0. The van der Waals surface area contributed by atoms with E-state index in [1.54, 1.807) is 0 Å². The Balaban J connectivity index is 2.13. The van der Waals surface area contributed by atoms with Gasteiger partial charge in [-0.15, -0.1) is 0 Å². The maximum absolute atomic E-state index is 10.8. The Kier molecular flexibility index (Phi) is 3.31. The van der Waals surface area contributed by atoms with Crippen LogP contribution in [0, 0.1) is 11.3 Å². The first kappa shape index (κ1) is 12.6. The van der Waals surface area contributed by atoms with Crippen molar-refractivity contribution in [1.82, 2.24) is 0 Å². The van der Waals surface area contributed by atoms with Gasteiger partial charge in [-0.3, -0.25) is 0 Å². The predicted octanol–water partition coefficient (Wildman–Crippen LogP) is 3.81. The van der Waals surface area contributed by atoms with E-state index >= 15 is 0 Å². The fraction of sp³-hybridized carbons (Fsp3) is 0.625. The molecule has 1 N–H and O–H groups in total. The van der Waals surface area contributed by atoms with Gasteiger partial charge >= 0.3 is 0 Å². The van der Waals surface area contributed by atoms with Crippen LogP contribution in [-0.4, -0.2) is 10.7 Å². The van der Waals surface area contributed by atoms with Crippen LogP contribution in [0.1, 0.15) is 45.6 Å². The van der Waals surface area contributed by atoms with Crippen molar-refractivity contribution in [2.24, 2.45) is 11.3 Å². The van der Waals surface area contributed by atoms with Crippen LogP contribution in [0.2, 0.25) is 0 Å². The van der Waals surface area contributed by atoms with Crippen LogP contribution in [0.4, 0.5) is 0 Å². The highest BCUT2D eigenvalue weighted by atomic mass is 16.3. The van der Waals surface area contributed by atoms with Gasteiger partial charge in [0.15, 0.2) is 0 Å². The molecule has 1 nitrogen and oxygen atoms in total. The third kappa shape index (κ3) is 3.32. The highest BCUT2D eigenvalue weighted by Crippen LogP contribution is 2.45. The maximum atomic E-state index is 10.8.